The van der Waals surface area contributed by atoms with Crippen molar-refractivity contribution in [3.63, 3.8) is 0 Å². The van der Waals surface area contributed by atoms with Gasteiger partial charge in [-0.15, -0.1) is 0 Å². The van der Waals surface area contributed by atoms with Crippen LogP contribution in [0.15, 0.2) is 24.3 Å². The molecule has 0 saturated heterocycles. The molecule has 8 bridgehead atoms. The number of esters is 2. The number of aryl methyl sites for hydroxylation is 4. The van der Waals surface area contributed by atoms with Gasteiger partial charge in [0.1, 0.15) is 0 Å². The van der Waals surface area contributed by atoms with Crippen LogP contribution < -0.4 is 0 Å². The van der Waals surface area contributed by atoms with Crippen molar-refractivity contribution < 1.29 is 23.9 Å². The van der Waals surface area contributed by atoms with Crippen molar-refractivity contribution in [1.82, 2.24) is 24.8 Å². The number of allylic oxidation sites excluding steroid dienone is 1. The summed E-state index contributed by atoms with van der Waals surface area (Å²) in [7, 11) is 6.37. The number of H-pyrrole nitrogens is 2. The van der Waals surface area contributed by atoms with E-state index in [0.29, 0.717) is 19.3 Å². The minimum Gasteiger partial charge on any atom is -0.469 e. The lowest BCUT2D eigenvalue weighted by Gasteiger charge is -2.31. The third-order valence-electron chi connectivity index (χ3n) is 10.1. The number of methoxy groups -OCH3 is 2. The largest absolute Gasteiger partial charge is 0.469 e. The highest BCUT2D eigenvalue weighted by Gasteiger charge is 2.44. The zero-order valence-corrected chi connectivity index (χ0v) is 29.6. The molecular formula is C38H47N5O5. The molecule has 2 aliphatic heterocycles. The summed E-state index contributed by atoms with van der Waals surface area (Å²) < 4.78 is 9.94. The maximum atomic E-state index is 13.3. The highest BCUT2D eigenvalue weighted by molar-refractivity contribution is 5.85. The van der Waals surface area contributed by atoms with Crippen molar-refractivity contribution in [1.29, 1.82) is 0 Å². The molecule has 3 aromatic rings. The Kier molecular flexibility index (Phi) is 9.94. The Morgan fingerprint density at radius 2 is 1.40 bits per heavy atom. The molecule has 48 heavy (non-hydrogen) atoms. The van der Waals surface area contributed by atoms with Gasteiger partial charge in [0, 0.05) is 78.1 Å². The lowest BCUT2D eigenvalue weighted by molar-refractivity contribution is -0.141. The van der Waals surface area contributed by atoms with Gasteiger partial charge in [-0.2, -0.15) is 0 Å². The third kappa shape index (κ3) is 6.66. The predicted molar refractivity (Wildman–Crippen MR) is 188 cm³/mol. The summed E-state index contributed by atoms with van der Waals surface area (Å²) in [5.41, 5.74) is 11.3. The van der Waals surface area contributed by atoms with Crippen molar-refractivity contribution >= 4 is 51.6 Å². The topological polar surface area (TPSA) is 130 Å². The summed E-state index contributed by atoms with van der Waals surface area (Å²) in [6, 6.07) is 8.23. The molecule has 0 radical (unpaired) electrons. The molecule has 0 saturated carbocycles. The fraction of sp³-hybridized carbons (Fsp3) is 0.447. The third-order valence-corrected chi connectivity index (χ3v) is 10.1. The number of carbonyl (C=O) groups is 3. The van der Waals surface area contributed by atoms with Crippen LogP contribution in [0.5, 0.6) is 0 Å². The molecule has 2 N–H and O–H groups in total. The first-order chi connectivity index (χ1) is 22.8. The molecule has 0 fully saturated rings. The number of hydrogen-bond donors (Lipinski definition) is 2. The van der Waals surface area contributed by atoms with E-state index in [1.807, 2.05) is 26.8 Å². The molecule has 5 rings (SSSR count). The number of nitrogens with zero attached hydrogens (tertiary/aromatic N) is 3. The average Bonchev–Trinajstić information content (AvgIpc) is 3.71. The Bertz CT molecular complexity index is 1970. The zero-order valence-electron chi connectivity index (χ0n) is 29.6. The Hall–Kier alpha value is -4.73. The second-order valence-corrected chi connectivity index (χ2v) is 13.4. The smallest absolute Gasteiger partial charge is 0.305 e. The first-order valence-electron chi connectivity index (χ1n) is 16.6. The molecule has 5 heterocycles. The molecular weight excluding hydrogens is 606 g/mol. The van der Waals surface area contributed by atoms with Crippen molar-refractivity contribution in [2.45, 2.75) is 84.5 Å². The average molecular weight is 654 g/mol. The van der Waals surface area contributed by atoms with E-state index in [2.05, 4.69) is 48.1 Å². The standard InChI is InChI=1S/C38H47N5O5/c1-10-27-33-17-28-21(2)15-24(39-28)16-29-22(3)25(11-13-36(45)47-8)31(40-29)18-32-26(12-14-37(46)48-9)23(4)30(41-32)19-34(42-33)38(27,5)20-35(44)43(6)7/h15-19,27,40-41H,10-14,20H2,1-9H3/t27-,38-/m1/s1. The molecule has 0 aromatic carbocycles. The van der Waals surface area contributed by atoms with Crippen molar-refractivity contribution in [3.8, 4) is 0 Å². The van der Waals surface area contributed by atoms with Crippen LogP contribution in [0.3, 0.4) is 0 Å². The van der Waals surface area contributed by atoms with E-state index >= 15 is 0 Å². The second-order valence-electron chi connectivity index (χ2n) is 13.4. The van der Waals surface area contributed by atoms with E-state index in [0.717, 1.165) is 79.1 Å². The summed E-state index contributed by atoms with van der Waals surface area (Å²) in [5.74, 6) is -0.530. The molecule has 254 valence electrons. The Morgan fingerprint density at radius 3 is 1.92 bits per heavy atom. The van der Waals surface area contributed by atoms with Gasteiger partial charge in [0.2, 0.25) is 5.91 Å². The van der Waals surface area contributed by atoms with E-state index in [9.17, 15) is 14.4 Å². The minimum absolute atomic E-state index is 0.00267. The number of ether oxygens (including phenoxy) is 2. The maximum Gasteiger partial charge on any atom is 0.305 e. The van der Waals surface area contributed by atoms with Gasteiger partial charge < -0.3 is 24.3 Å². The minimum atomic E-state index is -0.564. The second kappa shape index (κ2) is 13.8. The van der Waals surface area contributed by atoms with Gasteiger partial charge in [-0.3, -0.25) is 19.4 Å². The Labute approximate surface area is 282 Å². The number of amides is 1. The van der Waals surface area contributed by atoms with Gasteiger partial charge in [-0.1, -0.05) is 13.8 Å². The number of carbonyl (C=O) groups excluding carboxylic acids is 3. The summed E-state index contributed by atoms with van der Waals surface area (Å²) in [6.45, 7) is 10.4. The first kappa shape index (κ1) is 34.6. The van der Waals surface area contributed by atoms with Gasteiger partial charge in [-0.25, -0.2) is 4.98 Å². The van der Waals surface area contributed by atoms with Crippen LogP contribution in [0.4, 0.5) is 0 Å². The lowest BCUT2D eigenvalue weighted by Crippen LogP contribution is -2.34. The first-order valence-corrected chi connectivity index (χ1v) is 16.6. The van der Waals surface area contributed by atoms with E-state index in [1.54, 1.807) is 19.0 Å². The number of rotatable bonds is 9. The molecule has 0 spiro atoms. The molecule has 2 atom stereocenters. The Morgan fingerprint density at radius 1 is 0.833 bits per heavy atom. The van der Waals surface area contributed by atoms with E-state index < -0.39 is 5.41 Å². The van der Waals surface area contributed by atoms with Crippen LogP contribution in [0, 0.1) is 13.8 Å². The summed E-state index contributed by atoms with van der Waals surface area (Å²) in [6.07, 6.45) is 4.58. The van der Waals surface area contributed by atoms with Crippen LogP contribution in [-0.2, 0) is 42.1 Å². The van der Waals surface area contributed by atoms with Crippen molar-refractivity contribution in [3.05, 3.63) is 69.3 Å². The number of aromatic nitrogens is 4. The van der Waals surface area contributed by atoms with E-state index in [-0.39, 0.29) is 36.6 Å². The monoisotopic (exact) mass is 653 g/mol. The highest BCUT2D eigenvalue weighted by atomic mass is 16.5. The van der Waals surface area contributed by atoms with E-state index in [1.165, 1.54) is 14.2 Å². The van der Waals surface area contributed by atoms with Gasteiger partial charge >= 0.3 is 11.9 Å². The number of fused-ring (bicyclic) bond motifs is 8. The highest BCUT2D eigenvalue weighted by Crippen LogP contribution is 2.47. The molecule has 0 unspecified atom stereocenters. The van der Waals surface area contributed by atoms with Gasteiger partial charge in [0.05, 0.1) is 25.6 Å². The fourth-order valence-corrected chi connectivity index (χ4v) is 7.07. The van der Waals surface area contributed by atoms with Crippen molar-refractivity contribution in [2.75, 3.05) is 28.3 Å². The number of hydrogen-bond acceptors (Lipinski definition) is 7. The van der Waals surface area contributed by atoms with Gasteiger partial charge in [0.15, 0.2) is 0 Å². The predicted octanol–water partition coefficient (Wildman–Crippen LogP) is 6.63. The molecule has 3 aromatic heterocycles. The zero-order chi connectivity index (χ0) is 34.9. The van der Waals surface area contributed by atoms with Gasteiger partial charge in [-0.05, 0) is 98.2 Å². The number of nitrogens with one attached hydrogen (secondary N) is 2. The van der Waals surface area contributed by atoms with Crippen LogP contribution in [0.25, 0.3) is 33.7 Å². The molecule has 1 amide bonds. The quantitative estimate of drug-likeness (QED) is 0.248. The van der Waals surface area contributed by atoms with Crippen LogP contribution in [0.2, 0.25) is 0 Å². The normalized spacial score (nSPS) is 17.2. The maximum absolute atomic E-state index is 13.3. The number of aromatic amines is 2. The van der Waals surface area contributed by atoms with Crippen LogP contribution >= 0.6 is 0 Å². The molecule has 10 nitrogen and oxygen atoms in total. The van der Waals surface area contributed by atoms with Crippen LogP contribution in [-0.4, -0.2) is 71.0 Å². The SMILES string of the molecule is CC[C@@H]1c2cc3nc(cc4[nH]c(cc5[nH]c(cc(n2)[C@]1(C)CC(=O)N(C)C)c(C)c5CCC(=O)OC)c(CCC(=O)OC)c4C)C=C3C. The molecule has 2 aliphatic rings. The van der Waals surface area contributed by atoms with Crippen molar-refractivity contribution in [2.24, 2.45) is 0 Å². The molecule has 10 heteroatoms. The summed E-state index contributed by atoms with van der Waals surface area (Å²) in [4.78, 5) is 56.9. The van der Waals surface area contributed by atoms with E-state index in [4.69, 9.17) is 19.4 Å². The summed E-state index contributed by atoms with van der Waals surface area (Å²) in [5, 5.41) is 0. The summed E-state index contributed by atoms with van der Waals surface area (Å²) >= 11 is 0. The fourth-order valence-electron chi connectivity index (χ4n) is 7.07. The van der Waals surface area contributed by atoms with Crippen LogP contribution in [0.1, 0.15) is 97.4 Å². The molecule has 0 aliphatic carbocycles. The van der Waals surface area contributed by atoms with Gasteiger partial charge in [0.25, 0.3) is 0 Å². The Balaban J connectivity index is 1.89. The lowest BCUT2D eigenvalue weighted by atomic mass is 9.71.